The normalized spacial score (nSPS) is 14.8. The standard InChI is InChI=1S/2C17H20N2/c2*1-3-12(2)14-8-9-16-15(11-14)7-6-13-5-4-10-18-17(13)19-16/h2*4-5,8-12H,3,6-7H2,1-2H3,(H,18,19). The number of anilines is 4. The number of nitrogens with one attached hydrogen (secondary N) is 2. The quantitative estimate of drug-likeness (QED) is 0.291. The third-order valence-corrected chi connectivity index (χ3v) is 8.24. The molecule has 2 N–H and O–H groups in total. The molecule has 2 aromatic carbocycles. The van der Waals surface area contributed by atoms with Crippen LogP contribution in [-0.4, -0.2) is 9.97 Å². The number of benzene rings is 2. The van der Waals surface area contributed by atoms with Gasteiger partial charge in [0.05, 0.1) is 0 Å². The van der Waals surface area contributed by atoms with Crippen molar-refractivity contribution in [3.63, 3.8) is 0 Å². The van der Waals surface area contributed by atoms with Crippen LogP contribution in [-0.2, 0) is 25.7 Å². The highest BCUT2D eigenvalue weighted by Gasteiger charge is 2.16. The highest BCUT2D eigenvalue weighted by molar-refractivity contribution is 5.67. The van der Waals surface area contributed by atoms with Crippen LogP contribution in [0.1, 0.15) is 85.8 Å². The monoisotopic (exact) mass is 504 g/mol. The largest absolute Gasteiger partial charge is 0.340 e. The van der Waals surface area contributed by atoms with Crippen LogP contribution in [0.5, 0.6) is 0 Å². The molecule has 2 aromatic heterocycles. The van der Waals surface area contributed by atoms with Gasteiger partial charge in [0.2, 0.25) is 0 Å². The molecular formula is C34H40N4. The average molecular weight is 505 g/mol. The van der Waals surface area contributed by atoms with Gasteiger partial charge in [0.15, 0.2) is 0 Å². The van der Waals surface area contributed by atoms with Crippen molar-refractivity contribution in [2.45, 2.75) is 78.1 Å². The molecule has 0 saturated heterocycles. The van der Waals surface area contributed by atoms with E-state index in [2.05, 4.69) is 96.8 Å². The second-order valence-electron chi connectivity index (χ2n) is 10.7. The first kappa shape index (κ1) is 26.0. The number of nitrogens with zero attached hydrogens (tertiary/aromatic N) is 2. The van der Waals surface area contributed by atoms with Gasteiger partial charge in [0.1, 0.15) is 11.6 Å². The van der Waals surface area contributed by atoms with E-state index in [1.165, 1.54) is 57.6 Å². The van der Waals surface area contributed by atoms with Crippen LogP contribution < -0.4 is 10.6 Å². The summed E-state index contributed by atoms with van der Waals surface area (Å²) in [7, 11) is 0. The Morgan fingerprint density at radius 2 is 1.03 bits per heavy atom. The van der Waals surface area contributed by atoms with Crippen molar-refractivity contribution in [1.29, 1.82) is 0 Å². The zero-order valence-electron chi connectivity index (χ0n) is 23.2. The Balaban J connectivity index is 0.000000155. The fourth-order valence-corrected chi connectivity index (χ4v) is 5.27. The number of aryl methyl sites for hydroxylation is 4. The summed E-state index contributed by atoms with van der Waals surface area (Å²) in [6, 6.07) is 22.0. The average Bonchev–Trinajstić information content (AvgIpc) is 3.27. The van der Waals surface area contributed by atoms with Crippen LogP contribution in [0.2, 0.25) is 0 Å². The van der Waals surface area contributed by atoms with E-state index in [4.69, 9.17) is 0 Å². The zero-order chi connectivity index (χ0) is 26.5. The predicted octanol–water partition coefficient (Wildman–Crippen LogP) is 8.87. The first-order valence-electron chi connectivity index (χ1n) is 14.2. The molecule has 2 unspecified atom stereocenters. The maximum Gasteiger partial charge on any atom is 0.133 e. The maximum atomic E-state index is 4.44. The minimum Gasteiger partial charge on any atom is -0.340 e. The molecule has 6 rings (SSSR count). The summed E-state index contributed by atoms with van der Waals surface area (Å²) in [4.78, 5) is 8.88. The third kappa shape index (κ3) is 5.75. The molecule has 4 aromatic rings. The van der Waals surface area contributed by atoms with E-state index in [0.717, 1.165) is 37.3 Å². The first-order valence-corrected chi connectivity index (χ1v) is 14.2. The lowest BCUT2D eigenvalue weighted by atomic mass is 9.94. The van der Waals surface area contributed by atoms with Crippen LogP contribution in [0.4, 0.5) is 23.0 Å². The Hall–Kier alpha value is -3.66. The summed E-state index contributed by atoms with van der Waals surface area (Å²) in [6.45, 7) is 9.08. The van der Waals surface area contributed by atoms with E-state index in [-0.39, 0.29) is 0 Å². The molecule has 4 heterocycles. The van der Waals surface area contributed by atoms with Gasteiger partial charge < -0.3 is 10.6 Å². The van der Waals surface area contributed by atoms with E-state index in [1.54, 1.807) is 0 Å². The number of aromatic nitrogens is 2. The SMILES string of the molecule is CCC(C)c1ccc2c(c1)CCc1cccnc1N2.CCC(C)c1ccc2c(c1)CCc1cccnc1N2. The van der Waals surface area contributed by atoms with Crippen LogP contribution >= 0.6 is 0 Å². The third-order valence-electron chi connectivity index (χ3n) is 8.24. The first-order chi connectivity index (χ1) is 18.6. The van der Waals surface area contributed by atoms with E-state index in [1.807, 2.05) is 24.5 Å². The van der Waals surface area contributed by atoms with Crippen molar-refractivity contribution in [3.05, 3.63) is 106 Å². The maximum absolute atomic E-state index is 4.44. The Kier molecular flexibility index (Phi) is 8.07. The summed E-state index contributed by atoms with van der Waals surface area (Å²) in [5.74, 6) is 3.29. The number of fused-ring (bicyclic) bond motifs is 4. The molecule has 0 aliphatic carbocycles. The summed E-state index contributed by atoms with van der Waals surface area (Å²) in [5.41, 5.74) is 10.8. The number of hydrogen-bond donors (Lipinski definition) is 2. The topological polar surface area (TPSA) is 49.8 Å². The van der Waals surface area contributed by atoms with Gasteiger partial charge in [-0.05, 0) is 108 Å². The Bertz CT molecular complexity index is 1290. The Morgan fingerprint density at radius 1 is 0.605 bits per heavy atom. The molecule has 0 spiro atoms. The van der Waals surface area contributed by atoms with Gasteiger partial charge in [0.25, 0.3) is 0 Å². The Labute approximate surface area is 228 Å². The number of rotatable bonds is 4. The Morgan fingerprint density at radius 3 is 1.45 bits per heavy atom. The van der Waals surface area contributed by atoms with Crippen molar-refractivity contribution in [2.24, 2.45) is 0 Å². The fourth-order valence-electron chi connectivity index (χ4n) is 5.27. The fraction of sp³-hybridized carbons (Fsp3) is 0.353. The molecule has 196 valence electrons. The predicted molar refractivity (Wildman–Crippen MR) is 160 cm³/mol. The highest BCUT2D eigenvalue weighted by Crippen LogP contribution is 2.32. The van der Waals surface area contributed by atoms with Gasteiger partial charge in [-0.15, -0.1) is 0 Å². The van der Waals surface area contributed by atoms with E-state index in [0.29, 0.717) is 11.8 Å². The highest BCUT2D eigenvalue weighted by atomic mass is 15.0. The van der Waals surface area contributed by atoms with Crippen molar-refractivity contribution < 1.29 is 0 Å². The van der Waals surface area contributed by atoms with Crippen molar-refractivity contribution in [2.75, 3.05) is 10.6 Å². The second-order valence-corrected chi connectivity index (χ2v) is 10.7. The zero-order valence-corrected chi connectivity index (χ0v) is 23.2. The second kappa shape index (κ2) is 11.8. The van der Waals surface area contributed by atoms with Crippen LogP contribution in [0, 0.1) is 0 Å². The van der Waals surface area contributed by atoms with Gasteiger partial charge in [0, 0.05) is 23.8 Å². The van der Waals surface area contributed by atoms with Gasteiger partial charge >= 0.3 is 0 Å². The molecule has 0 amide bonds. The van der Waals surface area contributed by atoms with Crippen LogP contribution in [0.3, 0.4) is 0 Å². The summed E-state index contributed by atoms with van der Waals surface area (Å²) in [6.07, 6.45) is 10.4. The van der Waals surface area contributed by atoms with Crippen molar-refractivity contribution in [3.8, 4) is 0 Å². The summed E-state index contributed by atoms with van der Waals surface area (Å²) in [5, 5.41) is 6.95. The lowest BCUT2D eigenvalue weighted by Crippen LogP contribution is -1.98. The van der Waals surface area contributed by atoms with E-state index >= 15 is 0 Å². The lowest BCUT2D eigenvalue weighted by molar-refractivity contribution is 0.732. The van der Waals surface area contributed by atoms with E-state index < -0.39 is 0 Å². The van der Waals surface area contributed by atoms with Gasteiger partial charge in [-0.25, -0.2) is 9.97 Å². The number of hydrogen-bond acceptors (Lipinski definition) is 4. The summed E-state index contributed by atoms with van der Waals surface area (Å²) >= 11 is 0. The van der Waals surface area contributed by atoms with Crippen LogP contribution in [0.25, 0.3) is 0 Å². The molecule has 0 radical (unpaired) electrons. The minimum atomic E-state index is 0.633. The molecule has 2 aliphatic heterocycles. The molecule has 0 saturated carbocycles. The van der Waals surface area contributed by atoms with Crippen molar-refractivity contribution in [1.82, 2.24) is 9.97 Å². The van der Waals surface area contributed by atoms with Gasteiger partial charge in [-0.1, -0.05) is 64.1 Å². The van der Waals surface area contributed by atoms with Crippen molar-refractivity contribution >= 4 is 23.0 Å². The molecule has 0 fully saturated rings. The molecule has 4 nitrogen and oxygen atoms in total. The number of pyridine rings is 2. The summed E-state index contributed by atoms with van der Waals surface area (Å²) < 4.78 is 0. The minimum absolute atomic E-state index is 0.633. The van der Waals surface area contributed by atoms with Gasteiger partial charge in [-0.3, -0.25) is 0 Å². The molecule has 2 atom stereocenters. The van der Waals surface area contributed by atoms with E-state index in [9.17, 15) is 0 Å². The molecule has 4 heteroatoms. The molecule has 0 bridgehead atoms. The lowest BCUT2D eigenvalue weighted by Gasteiger charge is -2.13. The smallest absolute Gasteiger partial charge is 0.133 e. The molecular weight excluding hydrogens is 464 g/mol. The van der Waals surface area contributed by atoms with Crippen LogP contribution in [0.15, 0.2) is 73.1 Å². The molecule has 2 aliphatic rings. The molecule has 38 heavy (non-hydrogen) atoms. The van der Waals surface area contributed by atoms with Gasteiger partial charge in [-0.2, -0.15) is 0 Å².